The van der Waals surface area contributed by atoms with Crippen molar-refractivity contribution in [2.45, 2.75) is 23.8 Å². The summed E-state index contributed by atoms with van der Waals surface area (Å²) in [6.07, 6.45) is 2.35. The monoisotopic (exact) mass is 371 g/mol. The number of hydrogen-bond donors (Lipinski definition) is 1. The van der Waals surface area contributed by atoms with Crippen LogP contribution in [0.25, 0.3) is 22.2 Å². The van der Waals surface area contributed by atoms with Crippen molar-refractivity contribution in [3.8, 4) is 11.1 Å². The highest BCUT2D eigenvalue weighted by atomic mass is 32.2. The summed E-state index contributed by atoms with van der Waals surface area (Å²) in [5.41, 5.74) is 4.69. The number of para-hydroxylation sites is 2. The molecule has 3 aromatic carbocycles. The van der Waals surface area contributed by atoms with Crippen LogP contribution in [0.1, 0.15) is 24.7 Å². The van der Waals surface area contributed by atoms with Crippen molar-refractivity contribution in [1.29, 1.82) is 0 Å². The van der Waals surface area contributed by atoms with Gasteiger partial charge < -0.3 is 4.98 Å². The molecule has 1 saturated heterocycles. The second-order valence-electron chi connectivity index (χ2n) is 6.92. The molecular formula is C23H21N3S. The van der Waals surface area contributed by atoms with Gasteiger partial charge in [0.2, 0.25) is 0 Å². The molecule has 3 nitrogen and oxygen atoms in total. The molecule has 134 valence electrons. The molecule has 1 N–H and O–H groups in total. The summed E-state index contributed by atoms with van der Waals surface area (Å²) in [5.74, 6) is 1.09. The van der Waals surface area contributed by atoms with Gasteiger partial charge in [0.1, 0.15) is 5.82 Å². The molecule has 0 radical (unpaired) electrons. The molecule has 1 aromatic heterocycles. The molecule has 5 rings (SSSR count). The van der Waals surface area contributed by atoms with Crippen LogP contribution in [0.2, 0.25) is 0 Å². The molecule has 0 unspecified atom stereocenters. The number of hydrogen-bond acceptors (Lipinski definition) is 3. The third-order valence-electron chi connectivity index (χ3n) is 5.11. The summed E-state index contributed by atoms with van der Waals surface area (Å²) >= 11 is 1.84. The van der Waals surface area contributed by atoms with Gasteiger partial charge in [-0.15, -0.1) is 0 Å². The number of benzene rings is 3. The van der Waals surface area contributed by atoms with E-state index in [0.717, 1.165) is 29.8 Å². The van der Waals surface area contributed by atoms with E-state index in [-0.39, 0.29) is 0 Å². The zero-order valence-corrected chi connectivity index (χ0v) is 15.8. The molecule has 1 aliphatic rings. The molecule has 0 saturated carbocycles. The van der Waals surface area contributed by atoms with Gasteiger partial charge in [0.25, 0.3) is 0 Å². The Balaban J connectivity index is 1.35. The highest BCUT2D eigenvalue weighted by Gasteiger charge is 2.29. The molecule has 4 aromatic rings. The molecule has 1 fully saturated rings. The maximum absolute atomic E-state index is 4.83. The fraction of sp³-hybridized carbons (Fsp3) is 0.174. The summed E-state index contributed by atoms with van der Waals surface area (Å²) in [6, 6.07) is 28.0. The highest BCUT2D eigenvalue weighted by Crippen LogP contribution is 2.39. The number of H-pyrrole nitrogens is 1. The number of nitrogens with zero attached hydrogens (tertiary/aromatic N) is 2. The van der Waals surface area contributed by atoms with Crippen molar-refractivity contribution in [1.82, 2.24) is 14.3 Å². The highest BCUT2D eigenvalue weighted by molar-refractivity contribution is 7.97. The van der Waals surface area contributed by atoms with Crippen molar-refractivity contribution in [2.24, 2.45) is 0 Å². The molecule has 0 spiro atoms. The lowest BCUT2D eigenvalue weighted by atomic mass is 10.1. The summed E-state index contributed by atoms with van der Waals surface area (Å²) in [5, 5.41) is 0. The molecule has 27 heavy (non-hydrogen) atoms. The van der Waals surface area contributed by atoms with Crippen molar-refractivity contribution in [3.05, 3.63) is 84.7 Å². The van der Waals surface area contributed by atoms with Crippen LogP contribution in [0.5, 0.6) is 0 Å². The Morgan fingerprint density at radius 2 is 1.59 bits per heavy atom. The maximum Gasteiger partial charge on any atom is 0.125 e. The van der Waals surface area contributed by atoms with Gasteiger partial charge in [-0.05, 0) is 60.2 Å². The van der Waals surface area contributed by atoms with Crippen molar-refractivity contribution >= 4 is 23.0 Å². The van der Waals surface area contributed by atoms with E-state index in [1.807, 2.05) is 18.0 Å². The van der Waals surface area contributed by atoms with Crippen LogP contribution in [0.4, 0.5) is 0 Å². The molecule has 2 heterocycles. The fourth-order valence-corrected chi connectivity index (χ4v) is 4.81. The van der Waals surface area contributed by atoms with Crippen molar-refractivity contribution in [3.63, 3.8) is 0 Å². The Labute approximate surface area is 163 Å². The lowest BCUT2D eigenvalue weighted by molar-refractivity contribution is 0.436. The number of imidazole rings is 1. The SMILES string of the molecule is c1ccc(-c2ccc(SN3CCC[C@H]3c3nc4ccccc4[nH]3)cc2)cc1. The summed E-state index contributed by atoms with van der Waals surface area (Å²) in [7, 11) is 0. The minimum absolute atomic E-state index is 0.344. The Bertz CT molecular complexity index is 1010. The predicted octanol–water partition coefficient (Wildman–Crippen LogP) is 6.07. The third kappa shape index (κ3) is 3.38. The summed E-state index contributed by atoms with van der Waals surface area (Å²) in [4.78, 5) is 9.62. The number of rotatable bonds is 4. The minimum atomic E-state index is 0.344. The quantitative estimate of drug-likeness (QED) is 0.442. The first-order valence-corrected chi connectivity index (χ1v) is 10.2. The maximum atomic E-state index is 4.83. The summed E-state index contributed by atoms with van der Waals surface area (Å²) in [6.45, 7) is 1.09. The van der Waals surface area contributed by atoms with E-state index in [9.17, 15) is 0 Å². The standard InChI is InChI=1S/C23H21N3S/c1-2-7-17(8-3-1)18-12-14-19(15-13-18)27-26-16-6-11-22(26)23-24-20-9-4-5-10-21(20)25-23/h1-5,7-10,12-15,22H,6,11,16H2,(H,24,25)/t22-/m0/s1. The van der Waals surface area contributed by atoms with E-state index in [1.54, 1.807) is 0 Å². The number of aromatic amines is 1. The number of nitrogens with one attached hydrogen (secondary N) is 1. The minimum Gasteiger partial charge on any atom is -0.341 e. The van der Waals surface area contributed by atoms with Gasteiger partial charge in [-0.1, -0.05) is 54.6 Å². The normalized spacial score (nSPS) is 17.6. The zero-order chi connectivity index (χ0) is 18.1. The van der Waals surface area contributed by atoms with Gasteiger partial charge >= 0.3 is 0 Å². The van der Waals surface area contributed by atoms with E-state index < -0.39 is 0 Å². The smallest absolute Gasteiger partial charge is 0.125 e. The van der Waals surface area contributed by atoms with Gasteiger partial charge in [-0.2, -0.15) is 0 Å². The Kier molecular flexibility index (Phi) is 4.44. The lowest BCUT2D eigenvalue weighted by Gasteiger charge is -2.21. The van der Waals surface area contributed by atoms with Gasteiger partial charge in [0.15, 0.2) is 0 Å². The molecule has 0 bridgehead atoms. The molecule has 1 aliphatic heterocycles. The predicted molar refractivity (Wildman–Crippen MR) is 113 cm³/mol. The van der Waals surface area contributed by atoms with E-state index in [1.165, 1.54) is 22.4 Å². The van der Waals surface area contributed by atoms with E-state index in [2.05, 4.69) is 82.1 Å². The largest absolute Gasteiger partial charge is 0.341 e. The fourth-order valence-electron chi connectivity index (χ4n) is 3.73. The van der Waals surface area contributed by atoms with E-state index in [0.29, 0.717) is 6.04 Å². The first-order valence-electron chi connectivity index (χ1n) is 9.41. The van der Waals surface area contributed by atoms with Gasteiger partial charge in [0.05, 0.1) is 17.1 Å². The van der Waals surface area contributed by atoms with Crippen LogP contribution < -0.4 is 0 Å². The average Bonchev–Trinajstić information content (AvgIpc) is 3.35. The van der Waals surface area contributed by atoms with Crippen molar-refractivity contribution in [2.75, 3.05) is 6.54 Å². The van der Waals surface area contributed by atoms with Crippen LogP contribution in [-0.2, 0) is 0 Å². The molecule has 1 atom stereocenters. The Morgan fingerprint density at radius 3 is 2.41 bits per heavy atom. The number of aromatic nitrogens is 2. The first kappa shape index (κ1) is 16.6. The van der Waals surface area contributed by atoms with Gasteiger partial charge in [-0.3, -0.25) is 0 Å². The van der Waals surface area contributed by atoms with Crippen LogP contribution in [0.15, 0.2) is 83.8 Å². The van der Waals surface area contributed by atoms with Crippen LogP contribution in [-0.4, -0.2) is 20.8 Å². The van der Waals surface area contributed by atoms with Crippen LogP contribution in [0, 0.1) is 0 Å². The van der Waals surface area contributed by atoms with Gasteiger partial charge in [0, 0.05) is 11.4 Å². The van der Waals surface area contributed by atoms with E-state index >= 15 is 0 Å². The van der Waals surface area contributed by atoms with Gasteiger partial charge in [-0.25, -0.2) is 9.29 Å². The molecule has 0 amide bonds. The molecule has 0 aliphatic carbocycles. The average molecular weight is 372 g/mol. The van der Waals surface area contributed by atoms with Crippen molar-refractivity contribution < 1.29 is 0 Å². The van der Waals surface area contributed by atoms with Crippen LogP contribution >= 0.6 is 11.9 Å². The Morgan fingerprint density at radius 1 is 0.852 bits per heavy atom. The second-order valence-corrected chi connectivity index (χ2v) is 8.04. The molecule has 4 heteroatoms. The first-order chi connectivity index (χ1) is 13.4. The third-order valence-corrected chi connectivity index (χ3v) is 6.27. The second kappa shape index (κ2) is 7.22. The topological polar surface area (TPSA) is 31.9 Å². The Hall–Kier alpha value is -2.56. The lowest BCUT2D eigenvalue weighted by Crippen LogP contribution is -2.16. The zero-order valence-electron chi connectivity index (χ0n) is 15.0. The number of fused-ring (bicyclic) bond motifs is 1. The molecular weight excluding hydrogens is 350 g/mol. The summed E-state index contributed by atoms with van der Waals surface area (Å²) < 4.78 is 2.47. The van der Waals surface area contributed by atoms with Crippen LogP contribution in [0.3, 0.4) is 0 Å². The van der Waals surface area contributed by atoms with E-state index in [4.69, 9.17) is 4.98 Å².